The van der Waals surface area contributed by atoms with E-state index in [-0.39, 0.29) is 0 Å². The van der Waals surface area contributed by atoms with E-state index in [0.29, 0.717) is 0 Å². The van der Waals surface area contributed by atoms with Crippen molar-refractivity contribution in [3.05, 3.63) is 0 Å². The van der Waals surface area contributed by atoms with Gasteiger partial charge in [0.1, 0.15) is 0 Å². The second kappa shape index (κ2) is 4.99. The van der Waals surface area contributed by atoms with E-state index in [1.807, 2.05) is 0 Å². The lowest BCUT2D eigenvalue weighted by Crippen LogP contribution is -2.36. The molecule has 3 heteroatoms. The van der Waals surface area contributed by atoms with Gasteiger partial charge in [0.2, 0.25) is 0 Å². The molecule has 0 bridgehead atoms. The summed E-state index contributed by atoms with van der Waals surface area (Å²) in [7, 11) is 0. The molecule has 0 fully saturated rings. The van der Waals surface area contributed by atoms with Gasteiger partial charge >= 0.3 is 0 Å². The van der Waals surface area contributed by atoms with E-state index in [1.54, 1.807) is 0 Å². The summed E-state index contributed by atoms with van der Waals surface area (Å²) in [5, 5.41) is 17.5. The lowest BCUT2D eigenvalue weighted by atomic mass is 10.3. The van der Waals surface area contributed by atoms with Gasteiger partial charge in [-0.25, -0.2) is 0 Å². The molecule has 0 saturated heterocycles. The van der Waals surface area contributed by atoms with E-state index in [1.165, 1.54) is 6.92 Å². The second-order valence-corrected chi connectivity index (χ2v) is 3.91. The van der Waals surface area contributed by atoms with Crippen LogP contribution in [0.25, 0.3) is 0 Å². The minimum atomic E-state index is -1.78. The van der Waals surface area contributed by atoms with Gasteiger partial charge in [-0.2, -0.15) is 0 Å². The smallest absolute Gasteiger partial charge is 0.0351 e. The zero-order valence-corrected chi connectivity index (χ0v) is 7.41. The molecule has 1 N–H and O–H groups in total. The lowest BCUT2D eigenvalue weighted by Gasteiger charge is -2.28. The van der Waals surface area contributed by atoms with Crippen LogP contribution in [0, 0.1) is 0 Å². The van der Waals surface area contributed by atoms with Gasteiger partial charge in [0.15, 0.2) is 0 Å². The fourth-order valence-electron chi connectivity index (χ4n) is 0.614. The molecule has 0 amide bonds. The average molecular weight is 163 g/mol. The van der Waals surface area contributed by atoms with Crippen LogP contribution in [0.3, 0.4) is 0 Å². The largest absolute Gasteiger partial charge is 0.821 e. The van der Waals surface area contributed by atoms with E-state index in [2.05, 4.69) is 6.92 Å². The Hall–Kier alpha value is 0.270. The zero-order valence-electron chi connectivity index (χ0n) is 6.59. The fraction of sp³-hybridized carbons (Fsp3) is 1.00. The summed E-state index contributed by atoms with van der Waals surface area (Å²) in [6.07, 6.45) is 3.32. The Morgan fingerprint density at radius 2 is 2.10 bits per heavy atom. The average Bonchev–Trinajstić information content (AvgIpc) is 1.78. The molecule has 0 saturated carbocycles. The number of aliphatic hydroxyl groups is 1. The van der Waals surface area contributed by atoms with Gasteiger partial charge in [-0.3, -0.25) is 0 Å². The molecule has 0 rings (SSSR count). The first-order valence-electron chi connectivity index (χ1n) is 3.63. The number of unbranched alkanes of at least 4 members (excludes halogenated alkanes) is 2. The highest BCUT2D eigenvalue weighted by Crippen LogP contribution is 2.16. The van der Waals surface area contributed by atoms with Crippen LogP contribution in [0.1, 0.15) is 33.1 Å². The van der Waals surface area contributed by atoms with E-state index in [9.17, 15) is 5.11 Å². The van der Waals surface area contributed by atoms with Crippen molar-refractivity contribution in [2.75, 3.05) is 5.75 Å². The first-order valence-corrected chi connectivity index (χ1v) is 4.61. The van der Waals surface area contributed by atoms with Crippen molar-refractivity contribution in [1.29, 1.82) is 0 Å². The fourth-order valence-corrected chi connectivity index (χ4v) is 1.34. The zero-order chi connectivity index (χ0) is 8.04. The first kappa shape index (κ1) is 10.3. The molecule has 0 radical (unpaired) electrons. The van der Waals surface area contributed by atoms with Crippen LogP contribution in [0.2, 0.25) is 0 Å². The van der Waals surface area contributed by atoms with Gasteiger partial charge in [0.05, 0.1) is 0 Å². The maximum atomic E-state index is 10.6. The van der Waals surface area contributed by atoms with Gasteiger partial charge in [-0.15, -0.1) is 11.8 Å². The molecular weight excluding hydrogens is 148 g/mol. The SMILES string of the molecule is CCCCCSC(C)([O-])O. The molecule has 0 aromatic heterocycles. The maximum Gasteiger partial charge on any atom is 0.0351 e. The Bertz CT molecular complexity index is 78.2. The normalized spacial score (nSPS) is 16.8. The van der Waals surface area contributed by atoms with E-state index < -0.39 is 5.12 Å². The highest BCUT2D eigenvalue weighted by atomic mass is 32.2. The molecule has 10 heavy (non-hydrogen) atoms. The first-order chi connectivity index (χ1) is 4.56. The van der Waals surface area contributed by atoms with Crippen molar-refractivity contribution in [3.8, 4) is 0 Å². The number of rotatable bonds is 5. The Morgan fingerprint density at radius 1 is 1.50 bits per heavy atom. The Balaban J connectivity index is 3.04. The summed E-state index contributed by atoms with van der Waals surface area (Å²) >= 11 is 1.07. The summed E-state index contributed by atoms with van der Waals surface area (Å²) in [5.41, 5.74) is 0. The molecule has 0 aliphatic heterocycles. The van der Waals surface area contributed by atoms with Crippen molar-refractivity contribution in [2.24, 2.45) is 0 Å². The van der Waals surface area contributed by atoms with Gasteiger partial charge in [-0.05, 0) is 19.1 Å². The third-order valence-corrected chi connectivity index (χ3v) is 2.15. The highest BCUT2D eigenvalue weighted by Gasteiger charge is 2.02. The van der Waals surface area contributed by atoms with E-state index >= 15 is 0 Å². The quantitative estimate of drug-likeness (QED) is 0.484. The Morgan fingerprint density at radius 3 is 2.50 bits per heavy atom. The minimum absolute atomic E-state index is 0.768. The minimum Gasteiger partial charge on any atom is -0.821 e. The molecule has 2 nitrogen and oxygen atoms in total. The van der Waals surface area contributed by atoms with E-state index in [4.69, 9.17) is 5.11 Å². The van der Waals surface area contributed by atoms with Gasteiger partial charge in [-0.1, -0.05) is 19.8 Å². The van der Waals surface area contributed by atoms with Gasteiger partial charge < -0.3 is 10.2 Å². The van der Waals surface area contributed by atoms with Crippen molar-refractivity contribution < 1.29 is 10.2 Å². The van der Waals surface area contributed by atoms with Crippen LogP contribution in [-0.2, 0) is 0 Å². The second-order valence-electron chi connectivity index (χ2n) is 2.45. The van der Waals surface area contributed by atoms with Crippen LogP contribution >= 0.6 is 11.8 Å². The van der Waals surface area contributed by atoms with Crippen LogP contribution in [0.5, 0.6) is 0 Å². The summed E-state index contributed by atoms with van der Waals surface area (Å²) in [4.78, 5) is 0. The maximum absolute atomic E-state index is 10.6. The summed E-state index contributed by atoms with van der Waals surface area (Å²) in [6.45, 7) is 3.39. The molecule has 1 atom stereocenters. The van der Waals surface area contributed by atoms with Gasteiger partial charge in [0.25, 0.3) is 0 Å². The number of hydrogen-bond donors (Lipinski definition) is 1. The van der Waals surface area contributed by atoms with Gasteiger partial charge in [0, 0.05) is 5.12 Å². The topological polar surface area (TPSA) is 43.3 Å². The van der Waals surface area contributed by atoms with Crippen LogP contribution in [0.15, 0.2) is 0 Å². The Kier molecular flexibility index (Phi) is 5.13. The third-order valence-electron chi connectivity index (χ3n) is 1.12. The molecule has 0 aromatic carbocycles. The molecule has 0 aliphatic rings. The molecule has 62 valence electrons. The van der Waals surface area contributed by atoms with Crippen molar-refractivity contribution in [2.45, 2.75) is 38.2 Å². The van der Waals surface area contributed by atoms with Crippen LogP contribution in [-0.4, -0.2) is 16.0 Å². The van der Waals surface area contributed by atoms with Crippen LogP contribution in [0.4, 0.5) is 0 Å². The van der Waals surface area contributed by atoms with E-state index in [0.717, 1.165) is 36.8 Å². The number of hydrogen-bond acceptors (Lipinski definition) is 3. The van der Waals surface area contributed by atoms with Crippen molar-refractivity contribution >= 4 is 11.8 Å². The van der Waals surface area contributed by atoms with Crippen molar-refractivity contribution in [1.82, 2.24) is 0 Å². The summed E-state index contributed by atoms with van der Waals surface area (Å²) < 4.78 is 0. The predicted octanol–water partition coefficient (Wildman–Crippen LogP) is 0.936. The van der Waals surface area contributed by atoms with Crippen LogP contribution < -0.4 is 5.11 Å². The molecule has 0 aliphatic carbocycles. The molecular formula is C7H15O2S-. The summed E-state index contributed by atoms with van der Waals surface area (Å²) in [5.74, 6) is 0.768. The molecule has 0 heterocycles. The Labute approximate surface area is 66.6 Å². The predicted molar refractivity (Wildman–Crippen MR) is 42.6 cm³/mol. The third kappa shape index (κ3) is 8.27. The molecule has 0 spiro atoms. The lowest BCUT2D eigenvalue weighted by molar-refractivity contribution is -0.497. The highest BCUT2D eigenvalue weighted by molar-refractivity contribution is 8.00. The monoisotopic (exact) mass is 163 g/mol. The molecule has 0 aromatic rings. The summed E-state index contributed by atoms with van der Waals surface area (Å²) in [6, 6.07) is 0. The molecule has 1 unspecified atom stereocenters. The number of thioether (sulfide) groups is 1. The standard InChI is InChI=1S/C7H15O2S/c1-3-4-5-6-10-7(2,8)9/h8H,3-6H2,1-2H3/q-1. The van der Waals surface area contributed by atoms with Crippen molar-refractivity contribution in [3.63, 3.8) is 0 Å².